The summed E-state index contributed by atoms with van der Waals surface area (Å²) in [5.41, 5.74) is 9.17. The summed E-state index contributed by atoms with van der Waals surface area (Å²) in [6.07, 6.45) is 2.67. The van der Waals surface area contributed by atoms with E-state index >= 15 is 0 Å². The molecule has 1 fully saturated rings. The van der Waals surface area contributed by atoms with E-state index in [0.29, 0.717) is 19.0 Å². The number of aliphatic hydroxyl groups is 1. The second-order valence-corrected chi connectivity index (χ2v) is 8.47. The molecule has 6 nitrogen and oxygen atoms in total. The van der Waals surface area contributed by atoms with E-state index in [1.54, 1.807) is 0 Å². The molecular formula is C24H34Cl2N4O2. The highest BCUT2D eigenvalue weighted by atomic mass is 35.5. The Kier molecular flexibility index (Phi) is 10.1. The molecule has 2 aromatic rings. The van der Waals surface area contributed by atoms with Gasteiger partial charge >= 0.3 is 0 Å². The zero-order chi connectivity index (χ0) is 20.9. The lowest BCUT2D eigenvalue weighted by Gasteiger charge is -2.33. The maximum atomic E-state index is 10.4. The number of hydrogen-bond acceptors (Lipinski definition) is 4. The Bertz CT molecular complexity index is 860. The normalized spacial score (nSPS) is 17.5. The summed E-state index contributed by atoms with van der Waals surface area (Å²) in [5, 5.41) is 18.1. The Morgan fingerprint density at radius 1 is 1.06 bits per heavy atom. The van der Waals surface area contributed by atoms with Gasteiger partial charge in [-0.1, -0.05) is 36.4 Å². The Hall–Kier alpha value is -1.99. The summed E-state index contributed by atoms with van der Waals surface area (Å²) in [6.45, 7) is 4.90. The monoisotopic (exact) mass is 480 g/mol. The van der Waals surface area contributed by atoms with E-state index in [2.05, 4.69) is 23.1 Å². The second kappa shape index (κ2) is 12.3. The van der Waals surface area contributed by atoms with Crippen molar-refractivity contribution in [2.75, 3.05) is 32.8 Å². The number of guanidine groups is 1. The van der Waals surface area contributed by atoms with E-state index < -0.39 is 6.10 Å². The molecule has 2 aromatic carbocycles. The third-order valence-corrected chi connectivity index (χ3v) is 6.34. The van der Waals surface area contributed by atoms with Crippen LogP contribution in [0.4, 0.5) is 0 Å². The van der Waals surface area contributed by atoms with Crippen LogP contribution in [0.1, 0.15) is 35.6 Å². The van der Waals surface area contributed by atoms with E-state index in [9.17, 15) is 5.11 Å². The molecule has 32 heavy (non-hydrogen) atoms. The largest absolute Gasteiger partial charge is 0.493 e. The third-order valence-electron chi connectivity index (χ3n) is 6.34. The number of likely N-dealkylation sites (tertiary alicyclic amines) is 1. The van der Waals surface area contributed by atoms with Crippen LogP contribution < -0.4 is 10.5 Å². The number of nitrogens with zero attached hydrogens (tertiary/aromatic N) is 2. The number of hydrogen-bond donors (Lipinski definition) is 3. The second-order valence-electron chi connectivity index (χ2n) is 8.47. The fraction of sp³-hybridized carbons (Fsp3) is 0.458. The van der Waals surface area contributed by atoms with Crippen molar-refractivity contribution < 1.29 is 9.84 Å². The highest BCUT2D eigenvalue weighted by Gasteiger charge is 2.22. The molecule has 2 heterocycles. The van der Waals surface area contributed by atoms with Crippen molar-refractivity contribution >= 4 is 30.8 Å². The van der Waals surface area contributed by atoms with Crippen LogP contribution in [0.15, 0.2) is 48.5 Å². The predicted octanol–water partition coefficient (Wildman–Crippen LogP) is 3.61. The summed E-state index contributed by atoms with van der Waals surface area (Å²) in [7, 11) is 0. The quantitative estimate of drug-likeness (QED) is 0.434. The lowest BCUT2D eigenvalue weighted by atomic mass is 9.97. The van der Waals surface area contributed by atoms with E-state index in [1.165, 1.54) is 11.1 Å². The minimum Gasteiger partial charge on any atom is -0.493 e. The third kappa shape index (κ3) is 6.75. The Balaban J connectivity index is 0.00000181. The van der Waals surface area contributed by atoms with Crippen molar-refractivity contribution in [1.82, 2.24) is 9.80 Å². The van der Waals surface area contributed by atoms with Gasteiger partial charge in [-0.05, 0) is 67.1 Å². The molecule has 176 valence electrons. The van der Waals surface area contributed by atoms with Gasteiger partial charge in [0, 0.05) is 19.6 Å². The van der Waals surface area contributed by atoms with E-state index in [4.69, 9.17) is 15.9 Å². The lowest BCUT2D eigenvalue weighted by molar-refractivity contribution is 0.0793. The zero-order valence-corrected chi connectivity index (χ0v) is 19.9. The number of halogens is 2. The van der Waals surface area contributed by atoms with Gasteiger partial charge in [-0.2, -0.15) is 0 Å². The molecule has 0 aliphatic carbocycles. The van der Waals surface area contributed by atoms with Crippen LogP contribution in [-0.2, 0) is 13.0 Å². The van der Waals surface area contributed by atoms with Gasteiger partial charge < -0.3 is 25.4 Å². The summed E-state index contributed by atoms with van der Waals surface area (Å²) in [5.74, 6) is 1.58. The van der Waals surface area contributed by atoms with E-state index in [-0.39, 0.29) is 30.8 Å². The van der Waals surface area contributed by atoms with Crippen LogP contribution in [0.2, 0.25) is 0 Å². The summed E-state index contributed by atoms with van der Waals surface area (Å²) >= 11 is 0. The molecule has 8 heteroatoms. The molecule has 0 spiro atoms. The minimum atomic E-state index is -0.427. The Labute approximate surface area is 203 Å². The number of piperidine rings is 1. The molecule has 0 radical (unpaired) electrons. The molecule has 2 aliphatic heterocycles. The van der Waals surface area contributed by atoms with Crippen LogP contribution >= 0.6 is 24.8 Å². The van der Waals surface area contributed by atoms with Crippen LogP contribution in [-0.4, -0.2) is 53.7 Å². The fourth-order valence-corrected chi connectivity index (χ4v) is 4.40. The maximum absolute atomic E-state index is 10.4. The van der Waals surface area contributed by atoms with Crippen LogP contribution in [0.5, 0.6) is 5.75 Å². The molecule has 4 rings (SSSR count). The predicted molar refractivity (Wildman–Crippen MR) is 133 cm³/mol. The van der Waals surface area contributed by atoms with E-state index in [0.717, 1.165) is 56.8 Å². The van der Waals surface area contributed by atoms with Crippen molar-refractivity contribution in [2.24, 2.45) is 11.7 Å². The molecular weight excluding hydrogens is 447 g/mol. The molecule has 0 saturated carbocycles. The highest BCUT2D eigenvalue weighted by Crippen LogP contribution is 2.26. The topological polar surface area (TPSA) is 85.8 Å². The average molecular weight is 481 g/mol. The Morgan fingerprint density at radius 2 is 1.78 bits per heavy atom. The molecule has 0 amide bonds. The Morgan fingerprint density at radius 3 is 2.47 bits per heavy atom. The number of rotatable bonds is 6. The number of nitrogens with one attached hydrogen (secondary N) is 1. The number of ether oxygens (including phenoxy) is 1. The summed E-state index contributed by atoms with van der Waals surface area (Å²) < 4.78 is 6.12. The first-order valence-electron chi connectivity index (χ1n) is 10.9. The van der Waals surface area contributed by atoms with Gasteiger partial charge in [0.05, 0.1) is 12.7 Å². The first-order valence-corrected chi connectivity index (χ1v) is 10.9. The van der Waals surface area contributed by atoms with Crippen LogP contribution in [0.3, 0.4) is 0 Å². The van der Waals surface area contributed by atoms with Crippen molar-refractivity contribution in [3.05, 3.63) is 65.2 Å². The molecule has 1 atom stereocenters. The SMILES string of the molecule is Cl.Cl.N=C(N)N1CCc2ccc(OCC3CCN(CC(O)c4ccccc4)CC3)cc2C1. The number of benzene rings is 2. The molecule has 0 aromatic heterocycles. The van der Waals surface area contributed by atoms with Crippen molar-refractivity contribution in [3.8, 4) is 5.75 Å². The summed E-state index contributed by atoms with van der Waals surface area (Å²) in [4.78, 5) is 4.25. The van der Waals surface area contributed by atoms with Gasteiger partial charge in [-0.25, -0.2) is 0 Å². The van der Waals surface area contributed by atoms with Gasteiger partial charge in [-0.15, -0.1) is 24.8 Å². The molecule has 0 bridgehead atoms. The van der Waals surface area contributed by atoms with Gasteiger partial charge in [0.2, 0.25) is 0 Å². The number of fused-ring (bicyclic) bond motifs is 1. The van der Waals surface area contributed by atoms with Crippen molar-refractivity contribution in [1.29, 1.82) is 5.41 Å². The number of aliphatic hydroxyl groups excluding tert-OH is 1. The molecule has 1 unspecified atom stereocenters. The molecule has 2 aliphatic rings. The lowest BCUT2D eigenvalue weighted by Crippen LogP contribution is -2.40. The van der Waals surface area contributed by atoms with Crippen LogP contribution in [0.25, 0.3) is 0 Å². The van der Waals surface area contributed by atoms with E-state index in [1.807, 2.05) is 35.2 Å². The first kappa shape index (κ1) is 26.3. The molecule has 4 N–H and O–H groups in total. The van der Waals surface area contributed by atoms with Gasteiger partial charge in [-0.3, -0.25) is 5.41 Å². The maximum Gasteiger partial charge on any atom is 0.188 e. The minimum absolute atomic E-state index is 0. The van der Waals surface area contributed by atoms with Gasteiger partial charge in [0.1, 0.15) is 5.75 Å². The highest BCUT2D eigenvalue weighted by molar-refractivity contribution is 5.85. The first-order chi connectivity index (χ1) is 14.6. The van der Waals surface area contributed by atoms with Gasteiger partial charge in [0.15, 0.2) is 5.96 Å². The number of β-amino-alcohol motifs (C(OH)–C–C–N with tert-alkyl or cyclic N) is 1. The smallest absolute Gasteiger partial charge is 0.188 e. The summed E-state index contributed by atoms with van der Waals surface area (Å²) in [6, 6.07) is 16.2. The molecule has 1 saturated heterocycles. The fourth-order valence-electron chi connectivity index (χ4n) is 4.40. The van der Waals surface area contributed by atoms with Gasteiger partial charge in [0.25, 0.3) is 0 Å². The van der Waals surface area contributed by atoms with Crippen LogP contribution in [0, 0.1) is 11.3 Å². The van der Waals surface area contributed by atoms with Crippen molar-refractivity contribution in [2.45, 2.75) is 31.9 Å². The zero-order valence-electron chi connectivity index (χ0n) is 18.3. The number of nitrogens with two attached hydrogens (primary N) is 1. The van der Waals surface area contributed by atoms with Crippen molar-refractivity contribution in [3.63, 3.8) is 0 Å². The standard InChI is InChI=1S/C24H32N4O2.2ClH/c25-24(26)28-13-10-19-6-7-22(14-21(19)15-28)30-17-18-8-11-27(12-9-18)16-23(29)20-4-2-1-3-5-20;;/h1-7,14,18,23,29H,8-13,15-17H2,(H3,25,26);2*1H. The average Bonchev–Trinajstić information content (AvgIpc) is 2.78.